The summed E-state index contributed by atoms with van der Waals surface area (Å²) in [4.78, 5) is 21.4. The van der Waals surface area contributed by atoms with Crippen LogP contribution in [0.4, 0.5) is 5.95 Å². The number of halogens is 1. The number of esters is 1. The van der Waals surface area contributed by atoms with Crippen molar-refractivity contribution in [2.45, 2.75) is 6.42 Å². The number of anilines is 1. The summed E-state index contributed by atoms with van der Waals surface area (Å²) in [5.41, 5.74) is 0. The highest BCUT2D eigenvalue weighted by Gasteiger charge is 2.11. The topological polar surface area (TPSA) is 64.5 Å². The standard InChI is InChI=1S/C11H16BrN3O3/c1-17-6-5-15(4-3-10(16)18-2)11-13-7-9(12)8-14-11/h7-8H,3-6H2,1-2H3. The van der Waals surface area contributed by atoms with Crippen LogP contribution in [-0.2, 0) is 14.3 Å². The zero-order valence-electron chi connectivity index (χ0n) is 10.4. The Morgan fingerprint density at radius 2 is 2.00 bits per heavy atom. The predicted molar refractivity (Wildman–Crippen MR) is 70.5 cm³/mol. The van der Waals surface area contributed by atoms with E-state index >= 15 is 0 Å². The van der Waals surface area contributed by atoms with Crippen molar-refractivity contribution < 1.29 is 14.3 Å². The van der Waals surface area contributed by atoms with Crippen LogP contribution in [0.5, 0.6) is 0 Å². The first kappa shape index (κ1) is 14.8. The summed E-state index contributed by atoms with van der Waals surface area (Å²) in [5, 5.41) is 0. The number of ether oxygens (including phenoxy) is 2. The lowest BCUT2D eigenvalue weighted by Gasteiger charge is -2.21. The van der Waals surface area contributed by atoms with Gasteiger partial charge in [-0.05, 0) is 15.9 Å². The van der Waals surface area contributed by atoms with E-state index in [4.69, 9.17) is 4.74 Å². The fourth-order valence-electron chi connectivity index (χ4n) is 1.31. The van der Waals surface area contributed by atoms with Crippen LogP contribution in [0.1, 0.15) is 6.42 Å². The number of methoxy groups -OCH3 is 2. The molecule has 1 rings (SSSR count). The molecule has 1 aromatic rings. The van der Waals surface area contributed by atoms with E-state index < -0.39 is 0 Å². The third-order valence-corrected chi connectivity index (χ3v) is 2.68. The Bertz CT molecular complexity index is 372. The molecule has 100 valence electrons. The Balaban J connectivity index is 2.64. The predicted octanol–water partition coefficient (Wildman–Crippen LogP) is 1.25. The number of rotatable bonds is 7. The summed E-state index contributed by atoms with van der Waals surface area (Å²) in [6.07, 6.45) is 3.63. The summed E-state index contributed by atoms with van der Waals surface area (Å²) < 4.78 is 10.5. The van der Waals surface area contributed by atoms with Crippen molar-refractivity contribution >= 4 is 27.8 Å². The lowest BCUT2D eigenvalue weighted by Crippen LogP contribution is -2.31. The molecule has 0 aliphatic heterocycles. The molecule has 0 saturated carbocycles. The van der Waals surface area contributed by atoms with Gasteiger partial charge in [-0.15, -0.1) is 0 Å². The van der Waals surface area contributed by atoms with E-state index in [0.29, 0.717) is 32.1 Å². The van der Waals surface area contributed by atoms with Gasteiger partial charge in [-0.25, -0.2) is 9.97 Å². The lowest BCUT2D eigenvalue weighted by molar-refractivity contribution is -0.140. The molecule has 0 aromatic carbocycles. The fourth-order valence-corrected chi connectivity index (χ4v) is 1.52. The van der Waals surface area contributed by atoms with E-state index in [1.165, 1.54) is 7.11 Å². The molecule has 18 heavy (non-hydrogen) atoms. The summed E-state index contributed by atoms with van der Waals surface area (Å²) in [7, 11) is 3.00. The molecule has 7 heteroatoms. The van der Waals surface area contributed by atoms with Gasteiger partial charge in [-0.2, -0.15) is 0 Å². The van der Waals surface area contributed by atoms with E-state index in [1.807, 2.05) is 4.90 Å². The molecular formula is C11H16BrN3O3. The van der Waals surface area contributed by atoms with Crippen molar-refractivity contribution in [1.29, 1.82) is 0 Å². The normalized spacial score (nSPS) is 10.2. The van der Waals surface area contributed by atoms with Crippen molar-refractivity contribution in [3.05, 3.63) is 16.9 Å². The molecule has 1 aromatic heterocycles. The van der Waals surface area contributed by atoms with Gasteiger partial charge in [0, 0.05) is 32.6 Å². The Kier molecular flexibility index (Phi) is 6.59. The van der Waals surface area contributed by atoms with E-state index in [9.17, 15) is 4.79 Å². The van der Waals surface area contributed by atoms with Gasteiger partial charge >= 0.3 is 5.97 Å². The first-order chi connectivity index (χ1) is 8.67. The molecule has 0 saturated heterocycles. The molecule has 0 radical (unpaired) electrons. The van der Waals surface area contributed by atoms with E-state index in [0.717, 1.165) is 4.47 Å². The zero-order chi connectivity index (χ0) is 13.4. The second kappa shape index (κ2) is 7.99. The molecule has 0 fully saturated rings. The average molecular weight is 318 g/mol. The van der Waals surface area contributed by atoms with Gasteiger partial charge < -0.3 is 14.4 Å². The quantitative estimate of drug-likeness (QED) is 0.705. The van der Waals surface area contributed by atoms with Crippen molar-refractivity contribution in [2.24, 2.45) is 0 Å². The molecule has 6 nitrogen and oxygen atoms in total. The minimum Gasteiger partial charge on any atom is -0.469 e. The van der Waals surface area contributed by atoms with Gasteiger partial charge in [0.1, 0.15) is 0 Å². The number of carbonyl (C=O) groups is 1. The molecular weight excluding hydrogens is 302 g/mol. The molecule has 0 atom stereocenters. The maximum Gasteiger partial charge on any atom is 0.307 e. The van der Waals surface area contributed by atoms with Crippen molar-refractivity contribution in [1.82, 2.24) is 9.97 Å². The SMILES string of the molecule is COCCN(CCC(=O)OC)c1ncc(Br)cn1. The Morgan fingerprint density at radius 3 is 2.56 bits per heavy atom. The molecule has 0 unspecified atom stereocenters. The fraction of sp³-hybridized carbons (Fsp3) is 0.545. The van der Waals surface area contributed by atoms with Crippen molar-refractivity contribution in [3.63, 3.8) is 0 Å². The van der Waals surface area contributed by atoms with Crippen LogP contribution >= 0.6 is 15.9 Å². The van der Waals surface area contributed by atoms with Crippen LogP contribution in [-0.4, -0.2) is 49.9 Å². The van der Waals surface area contributed by atoms with Crippen LogP contribution in [0.2, 0.25) is 0 Å². The second-order valence-corrected chi connectivity index (χ2v) is 4.42. The van der Waals surface area contributed by atoms with Crippen LogP contribution in [0.15, 0.2) is 16.9 Å². The van der Waals surface area contributed by atoms with Crippen LogP contribution in [0.3, 0.4) is 0 Å². The van der Waals surface area contributed by atoms with E-state index in [2.05, 4.69) is 30.6 Å². The summed E-state index contributed by atoms with van der Waals surface area (Å²) in [5.74, 6) is 0.314. The van der Waals surface area contributed by atoms with Gasteiger partial charge in [0.15, 0.2) is 0 Å². The monoisotopic (exact) mass is 317 g/mol. The number of aromatic nitrogens is 2. The van der Waals surface area contributed by atoms with Gasteiger partial charge in [0.25, 0.3) is 0 Å². The van der Waals surface area contributed by atoms with Gasteiger partial charge in [0.05, 0.1) is 24.6 Å². The molecule has 0 bridgehead atoms. The Hall–Kier alpha value is -1.21. The maximum absolute atomic E-state index is 11.1. The first-order valence-corrected chi connectivity index (χ1v) is 6.25. The van der Waals surface area contributed by atoms with Gasteiger partial charge in [-0.3, -0.25) is 4.79 Å². The maximum atomic E-state index is 11.1. The third-order valence-electron chi connectivity index (χ3n) is 2.27. The van der Waals surface area contributed by atoms with Crippen LogP contribution < -0.4 is 4.90 Å². The number of hydrogen-bond donors (Lipinski definition) is 0. The number of nitrogens with zero attached hydrogens (tertiary/aromatic N) is 3. The number of carbonyl (C=O) groups excluding carboxylic acids is 1. The van der Waals surface area contributed by atoms with Crippen molar-refractivity contribution in [2.75, 3.05) is 38.8 Å². The van der Waals surface area contributed by atoms with E-state index in [-0.39, 0.29) is 5.97 Å². The Labute approximate surface area is 114 Å². The molecule has 0 N–H and O–H groups in total. The molecule has 0 spiro atoms. The first-order valence-electron chi connectivity index (χ1n) is 5.45. The van der Waals surface area contributed by atoms with E-state index in [1.54, 1.807) is 19.5 Å². The number of hydrogen-bond acceptors (Lipinski definition) is 6. The van der Waals surface area contributed by atoms with Gasteiger partial charge in [-0.1, -0.05) is 0 Å². The van der Waals surface area contributed by atoms with Crippen molar-refractivity contribution in [3.8, 4) is 0 Å². The summed E-state index contributed by atoms with van der Waals surface area (Å²) in [6.45, 7) is 1.66. The van der Waals surface area contributed by atoms with Crippen LogP contribution in [0, 0.1) is 0 Å². The minimum atomic E-state index is -0.255. The van der Waals surface area contributed by atoms with Gasteiger partial charge in [0.2, 0.25) is 5.95 Å². The molecule has 0 amide bonds. The Morgan fingerprint density at radius 1 is 1.33 bits per heavy atom. The van der Waals surface area contributed by atoms with Crippen LogP contribution in [0.25, 0.3) is 0 Å². The molecule has 0 aliphatic rings. The highest BCUT2D eigenvalue weighted by Crippen LogP contribution is 2.11. The lowest BCUT2D eigenvalue weighted by atomic mass is 10.4. The minimum absolute atomic E-state index is 0.255. The summed E-state index contributed by atoms with van der Waals surface area (Å²) >= 11 is 3.28. The molecule has 1 heterocycles. The second-order valence-electron chi connectivity index (χ2n) is 3.51. The molecule has 0 aliphatic carbocycles. The zero-order valence-corrected chi connectivity index (χ0v) is 12.0. The average Bonchev–Trinajstić information content (AvgIpc) is 2.40. The largest absolute Gasteiger partial charge is 0.469 e. The highest BCUT2D eigenvalue weighted by molar-refractivity contribution is 9.10. The third kappa shape index (κ3) is 4.97. The highest BCUT2D eigenvalue weighted by atomic mass is 79.9. The summed E-state index contributed by atoms with van der Waals surface area (Å²) in [6, 6.07) is 0. The smallest absolute Gasteiger partial charge is 0.307 e.